The standard InChI is InChI=1S/C30H36Cl2F3N3O3/c1-19-14-25(4-5-26(19)27(39)36(2)3)37-10-6-20(7-11-37)15-21-8-12-38(13-9-21)28(40)29(41,30(33,34)35)22-16-23(31)18-24(32)17-22/h4-5,14,16-18,20-21,41H,6-13,15H2,1-3H3/t29-/m1/s1. The number of anilines is 1. The van der Waals surface area contributed by atoms with E-state index < -0.39 is 23.2 Å². The lowest BCUT2D eigenvalue weighted by atomic mass is 9.82. The fourth-order valence-electron chi connectivity index (χ4n) is 6.00. The van der Waals surface area contributed by atoms with E-state index in [0.29, 0.717) is 30.2 Å². The lowest BCUT2D eigenvalue weighted by Crippen LogP contribution is -2.57. The predicted molar refractivity (Wildman–Crippen MR) is 154 cm³/mol. The van der Waals surface area contributed by atoms with Crippen molar-refractivity contribution in [3.63, 3.8) is 0 Å². The number of carbonyl (C=O) groups is 2. The highest BCUT2D eigenvalue weighted by Gasteiger charge is 2.62. The fraction of sp³-hybridized carbons (Fsp3) is 0.533. The van der Waals surface area contributed by atoms with Gasteiger partial charge in [0.15, 0.2) is 0 Å². The summed E-state index contributed by atoms with van der Waals surface area (Å²) in [6.07, 6.45) is -1.13. The predicted octanol–water partition coefficient (Wildman–Crippen LogP) is 6.30. The molecular weight excluding hydrogens is 578 g/mol. The molecule has 6 nitrogen and oxygen atoms in total. The molecule has 0 radical (unpaired) electrons. The first-order chi connectivity index (χ1) is 19.2. The van der Waals surface area contributed by atoms with Crippen molar-refractivity contribution in [1.29, 1.82) is 0 Å². The van der Waals surface area contributed by atoms with Crippen molar-refractivity contribution in [2.24, 2.45) is 11.8 Å². The van der Waals surface area contributed by atoms with E-state index in [2.05, 4.69) is 11.0 Å². The van der Waals surface area contributed by atoms with Gasteiger partial charge in [-0.25, -0.2) is 0 Å². The Morgan fingerprint density at radius 2 is 1.46 bits per heavy atom. The van der Waals surface area contributed by atoms with E-state index in [1.807, 2.05) is 19.1 Å². The number of hydrogen-bond donors (Lipinski definition) is 1. The smallest absolute Gasteiger partial charge is 0.372 e. The van der Waals surface area contributed by atoms with Crippen molar-refractivity contribution >= 4 is 40.7 Å². The molecule has 224 valence electrons. The Kier molecular flexibility index (Phi) is 9.51. The highest BCUT2D eigenvalue weighted by molar-refractivity contribution is 6.34. The number of amides is 2. The minimum absolute atomic E-state index is 0.0162. The number of alkyl halides is 3. The molecule has 0 spiro atoms. The van der Waals surface area contributed by atoms with Gasteiger partial charge >= 0.3 is 6.18 Å². The number of carbonyl (C=O) groups excluding carboxylic acids is 2. The van der Waals surface area contributed by atoms with E-state index in [9.17, 15) is 27.9 Å². The molecule has 2 aromatic carbocycles. The van der Waals surface area contributed by atoms with Gasteiger partial charge in [-0.15, -0.1) is 0 Å². The summed E-state index contributed by atoms with van der Waals surface area (Å²) in [6.45, 7) is 4.02. The van der Waals surface area contributed by atoms with E-state index in [4.69, 9.17) is 23.2 Å². The molecule has 2 aromatic rings. The lowest BCUT2D eigenvalue weighted by Gasteiger charge is -2.40. The number of hydrogen-bond acceptors (Lipinski definition) is 4. The summed E-state index contributed by atoms with van der Waals surface area (Å²) < 4.78 is 42.3. The molecule has 2 heterocycles. The van der Waals surface area contributed by atoms with Crippen molar-refractivity contribution in [1.82, 2.24) is 9.80 Å². The molecule has 2 amide bonds. The van der Waals surface area contributed by atoms with E-state index >= 15 is 0 Å². The number of halogens is 5. The van der Waals surface area contributed by atoms with Crippen LogP contribution in [0, 0.1) is 18.8 Å². The van der Waals surface area contributed by atoms with Gasteiger partial charge < -0.3 is 19.8 Å². The Balaban J connectivity index is 1.32. The molecule has 0 unspecified atom stereocenters. The van der Waals surface area contributed by atoms with Crippen LogP contribution in [0.25, 0.3) is 0 Å². The molecule has 2 fully saturated rings. The minimum Gasteiger partial charge on any atom is -0.372 e. The normalized spacial score (nSPS) is 18.8. The monoisotopic (exact) mass is 613 g/mol. The second kappa shape index (κ2) is 12.4. The highest BCUT2D eigenvalue weighted by Crippen LogP contribution is 2.43. The SMILES string of the molecule is Cc1cc(N2CCC(CC3CCN(C(=O)[C@](O)(c4cc(Cl)cc(Cl)c4)C(F)(F)F)CC3)CC2)ccc1C(=O)N(C)C. The summed E-state index contributed by atoms with van der Waals surface area (Å²) in [7, 11) is 3.48. The molecule has 2 aliphatic rings. The van der Waals surface area contributed by atoms with E-state index in [1.54, 1.807) is 19.0 Å². The van der Waals surface area contributed by atoms with Crippen LogP contribution in [0.3, 0.4) is 0 Å². The largest absolute Gasteiger partial charge is 0.430 e. The average Bonchev–Trinajstić information content (AvgIpc) is 2.91. The van der Waals surface area contributed by atoms with Gasteiger partial charge in [-0.3, -0.25) is 9.59 Å². The Morgan fingerprint density at radius 1 is 0.927 bits per heavy atom. The van der Waals surface area contributed by atoms with Crippen molar-refractivity contribution < 1.29 is 27.9 Å². The first kappa shape index (κ1) is 31.4. The molecule has 41 heavy (non-hydrogen) atoms. The average molecular weight is 615 g/mol. The first-order valence-corrected chi connectivity index (χ1v) is 14.6. The molecule has 1 N–H and O–H groups in total. The Labute approximate surface area is 249 Å². The second-order valence-corrected chi connectivity index (χ2v) is 12.3. The van der Waals surface area contributed by atoms with Crippen LogP contribution in [0.2, 0.25) is 10.0 Å². The van der Waals surface area contributed by atoms with Crippen LogP contribution in [-0.4, -0.2) is 73.2 Å². The number of nitrogens with zero attached hydrogens (tertiary/aromatic N) is 3. The third-order valence-electron chi connectivity index (χ3n) is 8.39. The minimum atomic E-state index is -5.25. The Bertz CT molecular complexity index is 1250. The molecule has 0 saturated carbocycles. The summed E-state index contributed by atoms with van der Waals surface area (Å²) >= 11 is 11.8. The number of piperidine rings is 2. The zero-order valence-corrected chi connectivity index (χ0v) is 25.0. The molecular formula is C30H36Cl2F3N3O3. The van der Waals surface area contributed by atoms with Crippen LogP contribution in [0.4, 0.5) is 18.9 Å². The topological polar surface area (TPSA) is 64.1 Å². The van der Waals surface area contributed by atoms with Crippen LogP contribution in [0.5, 0.6) is 0 Å². The number of aryl methyl sites for hydroxylation is 1. The van der Waals surface area contributed by atoms with Gasteiger partial charge in [-0.05, 0) is 92.8 Å². The van der Waals surface area contributed by atoms with Gasteiger partial charge in [0.25, 0.3) is 17.4 Å². The van der Waals surface area contributed by atoms with Gasteiger partial charge in [0, 0.05) is 67.1 Å². The maximum atomic E-state index is 14.1. The van der Waals surface area contributed by atoms with Crippen LogP contribution < -0.4 is 4.90 Å². The summed E-state index contributed by atoms with van der Waals surface area (Å²) in [5.74, 6) is -0.621. The summed E-state index contributed by atoms with van der Waals surface area (Å²) in [4.78, 5) is 30.5. The molecule has 11 heteroatoms. The molecule has 0 aromatic heterocycles. The van der Waals surface area contributed by atoms with Crippen LogP contribution in [0.15, 0.2) is 36.4 Å². The number of benzene rings is 2. The van der Waals surface area contributed by atoms with Crippen molar-refractivity contribution in [2.45, 2.75) is 50.8 Å². The van der Waals surface area contributed by atoms with Crippen LogP contribution >= 0.6 is 23.2 Å². The van der Waals surface area contributed by atoms with Crippen molar-refractivity contribution in [3.05, 3.63) is 63.1 Å². The van der Waals surface area contributed by atoms with Gasteiger partial charge in [0.05, 0.1) is 0 Å². The number of aliphatic hydroxyl groups is 1. The Morgan fingerprint density at radius 3 is 1.95 bits per heavy atom. The molecule has 2 saturated heterocycles. The number of likely N-dealkylation sites (tertiary alicyclic amines) is 1. The second-order valence-electron chi connectivity index (χ2n) is 11.5. The third-order valence-corrected chi connectivity index (χ3v) is 8.83. The van der Waals surface area contributed by atoms with E-state index in [1.165, 1.54) is 6.07 Å². The lowest BCUT2D eigenvalue weighted by molar-refractivity contribution is -0.262. The van der Waals surface area contributed by atoms with Gasteiger partial charge in [-0.1, -0.05) is 23.2 Å². The van der Waals surface area contributed by atoms with Crippen molar-refractivity contribution in [3.8, 4) is 0 Å². The molecule has 4 rings (SSSR count). The van der Waals surface area contributed by atoms with Crippen LogP contribution in [-0.2, 0) is 10.4 Å². The maximum Gasteiger partial charge on any atom is 0.430 e. The maximum absolute atomic E-state index is 14.1. The first-order valence-electron chi connectivity index (χ1n) is 13.8. The molecule has 0 bridgehead atoms. The molecule has 1 atom stereocenters. The number of rotatable bonds is 6. The zero-order chi connectivity index (χ0) is 30.1. The van der Waals surface area contributed by atoms with E-state index in [0.717, 1.165) is 60.6 Å². The quantitative estimate of drug-likeness (QED) is 0.415. The summed E-state index contributed by atoms with van der Waals surface area (Å²) in [5.41, 5.74) is -1.67. The van der Waals surface area contributed by atoms with Crippen LogP contribution in [0.1, 0.15) is 53.6 Å². The zero-order valence-electron chi connectivity index (χ0n) is 23.5. The van der Waals surface area contributed by atoms with Gasteiger partial charge in [-0.2, -0.15) is 13.2 Å². The third kappa shape index (κ3) is 6.78. The fourth-order valence-corrected chi connectivity index (χ4v) is 6.52. The van der Waals surface area contributed by atoms with Crippen molar-refractivity contribution in [2.75, 3.05) is 45.2 Å². The molecule has 0 aliphatic carbocycles. The van der Waals surface area contributed by atoms with Gasteiger partial charge in [0.1, 0.15) is 0 Å². The summed E-state index contributed by atoms with van der Waals surface area (Å²) in [5, 5.41) is 10.6. The molecule has 2 aliphatic heterocycles. The van der Waals surface area contributed by atoms with E-state index in [-0.39, 0.29) is 29.0 Å². The van der Waals surface area contributed by atoms with Gasteiger partial charge in [0.2, 0.25) is 0 Å². The summed E-state index contributed by atoms with van der Waals surface area (Å²) in [6, 6.07) is 9.04. The highest BCUT2D eigenvalue weighted by atomic mass is 35.5. The Hall–Kier alpha value is -2.49.